The maximum atomic E-state index is 12.1. The lowest BCUT2D eigenvalue weighted by molar-refractivity contribution is -0.141. The zero-order chi connectivity index (χ0) is 10.1. The van der Waals surface area contributed by atoms with Crippen molar-refractivity contribution in [1.29, 1.82) is 0 Å². The molecule has 1 rings (SSSR count). The first kappa shape index (κ1) is 9.94. The summed E-state index contributed by atoms with van der Waals surface area (Å²) in [7, 11) is 0. The number of nitrogens with two attached hydrogens (primary N) is 2. The van der Waals surface area contributed by atoms with Crippen LogP contribution in [0, 0.1) is 0 Å². The molecule has 3 nitrogen and oxygen atoms in total. The molecule has 13 heavy (non-hydrogen) atoms. The van der Waals surface area contributed by atoms with Gasteiger partial charge in [0, 0.05) is 0 Å². The molecule has 0 fully saturated rings. The molecule has 0 atom stereocenters. The number of aromatic nitrogens is 1. The maximum absolute atomic E-state index is 12.1. The highest BCUT2D eigenvalue weighted by atomic mass is 19.4. The first-order valence-electron chi connectivity index (χ1n) is 3.46. The average Bonchev–Trinajstić information content (AvgIpc) is 2.03. The third-order valence-corrected chi connectivity index (χ3v) is 1.40. The molecule has 6 heteroatoms. The van der Waals surface area contributed by atoms with Crippen LogP contribution in [0.3, 0.4) is 0 Å². The number of alkyl halides is 3. The van der Waals surface area contributed by atoms with Crippen molar-refractivity contribution in [3.8, 4) is 0 Å². The van der Waals surface area contributed by atoms with Gasteiger partial charge in [-0.25, -0.2) is 4.98 Å². The normalized spacial score (nSPS) is 12.2. The van der Waals surface area contributed by atoms with Gasteiger partial charge in [-0.05, 0) is 12.1 Å². The lowest BCUT2D eigenvalue weighted by Gasteiger charge is -2.09. The zero-order valence-electron chi connectivity index (χ0n) is 6.55. The quantitative estimate of drug-likeness (QED) is 0.651. The average molecular weight is 191 g/mol. The van der Waals surface area contributed by atoms with Crippen molar-refractivity contribution in [2.75, 3.05) is 0 Å². The first-order valence-corrected chi connectivity index (χ1v) is 3.46. The summed E-state index contributed by atoms with van der Waals surface area (Å²) in [5, 5.41) is 0. The van der Waals surface area contributed by atoms with Crippen LogP contribution in [0.5, 0.6) is 0 Å². The van der Waals surface area contributed by atoms with E-state index < -0.39 is 18.0 Å². The fourth-order valence-corrected chi connectivity index (χ4v) is 0.795. The van der Waals surface area contributed by atoms with Crippen LogP contribution in [0.15, 0.2) is 18.2 Å². The summed E-state index contributed by atoms with van der Waals surface area (Å²) in [5.41, 5.74) is 9.39. The molecule has 1 aromatic heterocycles. The third kappa shape index (κ3) is 2.40. The molecule has 1 aromatic rings. The zero-order valence-corrected chi connectivity index (χ0v) is 6.55. The van der Waals surface area contributed by atoms with E-state index in [0.717, 1.165) is 6.07 Å². The highest BCUT2D eigenvalue weighted by molar-refractivity contribution is 5.15. The van der Waals surface area contributed by atoms with Crippen molar-refractivity contribution < 1.29 is 13.2 Å². The smallest absolute Gasteiger partial charge is 0.311 e. The Balaban J connectivity index is 3.06. The third-order valence-electron chi connectivity index (χ3n) is 1.40. The lowest BCUT2D eigenvalue weighted by atomic mass is 10.2. The minimum Gasteiger partial charge on any atom is -0.311 e. The van der Waals surface area contributed by atoms with E-state index in [-0.39, 0.29) is 5.69 Å². The lowest BCUT2D eigenvalue weighted by Crippen LogP contribution is -2.22. The number of rotatable bonds is 1. The highest BCUT2D eigenvalue weighted by Crippen LogP contribution is 2.27. The van der Waals surface area contributed by atoms with Crippen LogP contribution in [0.25, 0.3) is 0 Å². The Morgan fingerprint density at radius 1 is 1.23 bits per heavy atom. The van der Waals surface area contributed by atoms with E-state index >= 15 is 0 Å². The Morgan fingerprint density at radius 3 is 2.31 bits per heavy atom. The van der Waals surface area contributed by atoms with E-state index in [1.807, 2.05) is 0 Å². The van der Waals surface area contributed by atoms with Gasteiger partial charge in [-0.1, -0.05) is 6.07 Å². The highest BCUT2D eigenvalue weighted by Gasteiger charge is 2.32. The molecule has 4 N–H and O–H groups in total. The van der Waals surface area contributed by atoms with Gasteiger partial charge in [0.25, 0.3) is 0 Å². The second-order valence-corrected chi connectivity index (χ2v) is 2.47. The van der Waals surface area contributed by atoms with Crippen LogP contribution in [-0.2, 0) is 6.18 Å². The molecule has 0 aliphatic heterocycles. The van der Waals surface area contributed by atoms with Gasteiger partial charge in [0.05, 0.1) is 11.9 Å². The van der Waals surface area contributed by atoms with Crippen molar-refractivity contribution >= 4 is 0 Å². The molecule has 0 aliphatic rings. The molecule has 0 spiro atoms. The van der Waals surface area contributed by atoms with Crippen LogP contribution in [0.2, 0.25) is 0 Å². The van der Waals surface area contributed by atoms with Gasteiger partial charge in [-0.3, -0.25) is 0 Å². The van der Waals surface area contributed by atoms with Gasteiger partial charge in [0.15, 0.2) is 0 Å². The van der Waals surface area contributed by atoms with Crippen LogP contribution in [-0.4, -0.2) is 4.98 Å². The second-order valence-electron chi connectivity index (χ2n) is 2.47. The number of nitrogens with zero attached hydrogens (tertiary/aromatic N) is 1. The van der Waals surface area contributed by atoms with Gasteiger partial charge in [0.1, 0.15) is 5.69 Å². The summed E-state index contributed by atoms with van der Waals surface area (Å²) >= 11 is 0. The topological polar surface area (TPSA) is 64.9 Å². The van der Waals surface area contributed by atoms with Gasteiger partial charge in [0.2, 0.25) is 0 Å². The van der Waals surface area contributed by atoms with Crippen LogP contribution >= 0.6 is 0 Å². The molecule has 72 valence electrons. The van der Waals surface area contributed by atoms with Gasteiger partial charge < -0.3 is 11.5 Å². The second kappa shape index (κ2) is 3.31. The number of halogens is 3. The Kier molecular flexibility index (Phi) is 2.53. The van der Waals surface area contributed by atoms with Crippen molar-refractivity contribution in [1.82, 2.24) is 4.98 Å². The number of pyridine rings is 1. The summed E-state index contributed by atoms with van der Waals surface area (Å²) in [6.45, 7) is 0. The van der Waals surface area contributed by atoms with Crippen molar-refractivity contribution in [2.45, 2.75) is 12.3 Å². The standard InChI is InChI=1S/C7H8F3N3/c8-7(9,10)5-3-1-2-4(13-5)6(11)12/h1-3,6H,11-12H2. The molecule has 0 saturated carbocycles. The Hall–Kier alpha value is -1.14. The summed E-state index contributed by atoms with van der Waals surface area (Å²) in [6, 6.07) is 3.43. The summed E-state index contributed by atoms with van der Waals surface area (Å²) in [5.74, 6) is 0. The van der Waals surface area contributed by atoms with Crippen LogP contribution in [0.4, 0.5) is 13.2 Å². The van der Waals surface area contributed by atoms with Gasteiger partial charge >= 0.3 is 6.18 Å². The molecule has 0 saturated heterocycles. The minimum absolute atomic E-state index is 0.0230. The predicted octanol–water partition coefficient (Wildman–Crippen LogP) is 1.02. The summed E-state index contributed by atoms with van der Waals surface area (Å²) in [6.07, 6.45) is -5.44. The van der Waals surface area contributed by atoms with E-state index in [4.69, 9.17) is 11.5 Å². The monoisotopic (exact) mass is 191 g/mol. The Labute approximate surface area is 72.6 Å². The Morgan fingerprint density at radius 2 is 1.85 bits per heavy atom. The molecule has 0 unspecified atom stereocenters. The van der Waals surface area contributed by atoms with Crippen molar-refractivity contribution in [3.05, 3.63) is 29.6 Å². The van der Waals surface area contributed by atoms with E-state index in [1.165, 1.54) is 12.1 Å². The molecule has 0 amide bonds. The fraction of sp³-hybridized carbons (Fsp3) is 0.286. The molecule has 0 aromatic carbocycles. The van der Waals surface area contributed by atoms with E-state index in [1.54, 1.807) is 0 Å². The molecular formula is C7H8F3N3. The largest absolute Gasteiger partial charge is 0.433 e. The fourth-order valence-electron chi connectivity index (χ4n) is 0.795. The molecule has 0 aliphatic carbocycles. The number of hydrogen-bond donors (Lipinski definition) is 2. The van der Waals surface area contributed by atoms with Gasteiger partial charge in [-0.15, -0.1) is 0 Å². The SMILES string of the molecule is NC(N)c1cccc(C(F)(F)F)n1. The van der Waals surface area contributed by atoms with E-state index in [2.05, 4.69) is 4.98 Å². The summed E-state index contributed by atoms with van der Waals surface area (Å²) in [4.78, 5) is 3.27. The van der Waals surface area contributed by atoms with Crippen molar-refractivity contribution in [2.24, 2.45) is 11.5 Å². The molecule has 1 heterocycles. The molecular weight excluding hydrogens is 183 g/mol. The maximum Gasteiger partial charge on any atom is 0.433 e. The van der Waals surface area contributed by atoms with E-state index in [0.29, 0.717) is 0 Å². The van der Waals surface area contributed by atoms with E-state index in [9.17, 15) is 13.2 Å². The van der Waals surface area contributed by atoms with Crippen molar-refractivity contribution in [3.63, 3.8) is 0 Å². The predicted molar refractivity (Wildman–Crippen MR) is 40.4 cm³/mol. The Bertz CT molecular complexity index is 295. The molecule has 0 bridgehead atoms. The van der Waals surface area contributed by atoms with Crippen LogP contribution < -0.4 is 11.5 Å². The number of hydrogen-bond acceptors (Lipinski definition) is 3. The van der Waals surface area contributed by atoms with Crippen LogP contribution in [0.1, 0.15) is 17.6 Å². The molecule has 0 radical (unpaired) electrons. The minimum atomic E-state index is -4.45. The summed E-state index contributed by atoms with van der Waals surface area (Å²) < 4.78 is 36.3. The first-order chi connectivity index (χ1) is 5.91. The van der Waals surface area contributed by atoms with Gasteiger partial charge in [-0.2, -0.15) is 13.2 Å².